The summed E-state index contributed by atoms with van der Waals surface area (Å²) < 4.78 is 59.5. The number of hydrogen-bond acceptors (Lipinski definition) is 7. The van der Waals surface area contributed by atoms with E-state index >= 15 is 4.39 Å². The van der Waals surface area contributed by atoms with Gasteiger partial charge in [0.25, 0.3) is 5.91 Å². The molecule has 39 heavy (non-hydrogen) atoms. The van der Waals surface area contributed by atoms with Crippen molar-refractivity contribution in [3.63, 3.8) is 0 Å². The summed E-state index contributed by atoms with van der Waals surface area (Å²) in [7, 11) is 3.78. The van der Waals surface area contributed by atoms with E-state index in [1.807, 2.05) is 0 Å². The average molecular weight is 563 g/mol. The van der Waals surface area contributed by atoms with Crippen molar-refractivity contribution in [1.82, 2.24) is 4.98 Å². The third-order valence-corrected chi connectivity index (χ3v) is 6.71. The maximum absolute atomic E-state index is 15.4. The van der Waals surface area contributed by atoms with Crippen molar-refractivity contribution >= 4 is 34.4 Å². The highest BCUT2D eigenvalue weighted by Gasteiger charge is 2.21. The van der Waals surface area contributed by atoms with Gasteiger partial charge >= 0.3 is 5.97 Å². The molecule has 1 N–H and O–H groups in total. The average Bonchev–Trinajstić information content (AvgIpc) is 3.39. The van der Waals surface area contributed by atoms with Crippen LogP contribution in [0.5, 0.6) is 0 Å². The number of anilines is 1. The highest BCUT2D eigenvalue weighted by molar-refractivity contribution is 7.14. The smallest absolute Gasteiger partial charge is 0.373 e. The second-order valence-electron chi connectivity index (χ2n) is 8.48. The van der Waals surface area contributed by atoms with Crippen molar-refractivity contribution in [2.24, 2.45) is 0 Å². The molecule has 7 nitrogen and oxygen atoms in total. The molecule has 0 radical (unpaired) electrons. The van der Waals surface area contributed by atoms with Crippen molar-refractivity contribution in [2.45, 2.75) is 38.7 Å². The molecule has 11 heteroatoms. The van der Waals surface area contributed by atoms with E-state index in [-0.39, 0.29) is 16.3 Å². The fraction of sp³-hybridized carbons (Fsp3) is 0.321. The van der Waals surface area contributed by atoms with E-state index in [4.69, 9.17) is 9.47 Å². The van der Waals surface area contributed by atoms with Crippen LogP contribution in [0.3, 0.4) is 0 Å². The van der Waals surface area contributed by atoms with Gasteiger partial charge < -0.3 is 14.2 Å². The predicted octanol–water partition coefficient (Wildman–Crippen LogP) is 6.91. The SMILES string of the molecule is CCCCCC(OC)c1cccc(-c2csc(NC(=O)c3cc(F)c(C=C(OC)C(=O)OC)c(F)c3)n2)c1F. The summed E-state index contributed by atoms with van der Waals surface area (Å²) in [4.78, 5) is 28.6. The fourth-order valence-corrected chi connectivity index (χ4v) is 4.59. The lowest BCUT2D eigenvalue weighted by Gasteiger charge is -2.17. The number of aromatic nitrogens is 1. The number of carbonyl (C=O) groups is 2. The van der Waals surface area contributed by atoms with Gasteiger partial charge in [0, 0.05) is 40.8 Å². The molecule has 1 atom stereocenters. The number of carbonyl (C=O) groups excluding carboxylic acids is 2. The maximum Gasteiger partial charge on any atom is 0.373 e. The lowest BCUT2D eigenvalue weighted by Crippen LogP contribution is -2.13. The van der Waals surface area contributed by atoms with Crippen molar-refractivity contribution in [2.75, 3.05) is 26.6 Å². The second-order valence-corrected chi connectivity index (χ2v) is 9.34. The van der Waals surface area contributed by atoms with Gasteiger partial charge in [0.2, 0.25) is 5.76 Å². The number of thiazole rings is 1. The van der Waals surface area contributed by atoms with Crippen molar-refractivity contribution in [3.05, 3.63) is 75.6 Å². The number of nitrogens with zero attached hydrogens (tertiary/aromatic N) is 1. The van der Waals surface area contributed by atoms with Crippen LogP contribution in [0.1, 0.15) is 60.2 Å². The van der Waals surface area contributed by atoms with Gasteiger partial charge in [-0.2, -0.15) is 0 Å². The number of esters is 1. The van der Waals surface area contributed by atoms with Gasteiger partial charge in [-0.3, -0.25) is 10.1 Å². The van der Waals surface area contributed by atoms with Crippen LogP contribution in [0.4, 0.5) is 18.3 Å². The lowest BCUT2D eigenvalue weighted by molar-refractivity contribution is -0.139. The van der Waals surface area contributed by atoms with Crippen molar-refractivity contribution in [1.29, 1.82) is 0 Å². The third kappa shape index (κ3) is 7.24. The van der Waals surface area contributed by atoms with Gasteiger partial charge in [-0.1, -0.05) is 38.3 Å². The van der Waals surface area contributed by atoms with Crippen LogP contribution in [-0.2, 0) is 19.0 Å². The Kier molecular flexibility index (Phi) is 10.6. The summed E-state index contributed by atoms with van der Waals surface area (Å²) in [5, 5.41) is 4.17. The molecule has 0 bridgehead atoms. The maximum atomic E-state index is 15.4. The number of rotatable bonds is 12. The first-order valence-electron chi connectivity index (χ1n) is 12.1. The molecule has 0 saturated heterocycles. The second kappa shape index (κ2) is 13.9. The Balaban J connectivity index is 1.80. The Hall–Kier alpha value is -3.70. The minimum absolute atomic E-state index is 0.114. The summed E-state index contributed by atoms with van der Waals surface area (Å²) in [6, 6.07) is 6.61. The molecule has 208 valence electrons. The van der Waals surface area contributed by atoms with Crippen molar-refractivity contribution < 1.29 is 37.0 Å². The Morgan fingerprint density at radius 2 is 1.79 bits per heavy atom. The summed E-state index contributed by atoms with van der Waals surface area (Å²) in [6.07, 6.45) is 4.08. The summed E-state index contributed by atoms with van der Waals surface area (Å²) in [6.45, 7) is 2.09. The number of benzene rings is 2. The van der Waals surface area contributed by atoms with Crippen LogP contribution in [0, 0.1) is 17.5 Å². The summed E-state index contributed by atoms with van der Waals surface area (Å²) in [5.41, 5.74) is 0.0675. The van der Waals surface area contributed by atoms with E-state index in [1.54, 1.807) is 30.7 Å². The van der Waals surface area contributed by atoms with Gasteiger partial charge in [0.15, 0.2) is 5.13 Å². The molecule has 0 aliphatic heterocycles. The minimum atomic E-state index is -1.09. The molecule has 1 aromatic heterocycles. The van der Waals surface area contributed by atoms with E-state index in [9.17, 15) is 18.4 Å². The number of ether oxygens (including phenoxy) is 3. The number of nitrogens with one attached hydrogen (secondary N) is 1. The predicted molar refractivity (Wildman–Crippen MR) is 143 cm³/mol. The van der Waals surface area contributed by atoms with E-state index in [0.29, 0.717) is 17.7 Å². The lowest BCUT2D eigenvalue weighted by atomic mass is 9.99. The Labute approximate surface area is 228 Å². The summed E-state index contributed by atoms with van der Waals surface area (Å²) >= 11 is 1.04. The van der Waals surface area contributed by atoms with Crippen LogP contribution in [0.2, 0.25) is 0 Å². The molecule has 0 fully saturated rings. The first-order chi connectivity index (χ1) is 18.7. The molecule has 0 spiro atoms. The number of halogens is 3. The third-order valence-electron chi connectivity index (χ3n) is 5.95. The van der Waals surface area contributed by atoms with E-state index in [2.05, 4.69) is 22.0 Å². The molecule has 1 amide bonds. The molecule has 3 rings (SSSR count). The zero-order valence-corrected chi connectivity index (χ0v) is 22.8. The summed E-state index contributed by atoms with van der Waals surface area (Å²) in [5.74, 6) is -4.81. The molecule has 0 aliphatic rings. The van der Waals surface area contributed by atoms with Crippen LogP contribution in [0.15, 0.2) is 41.5 Å². The largest absolute Gasteiger partial charge is 0.490 e. The Morgan fingerprint density at radius 1 is 1.08 bits per heavy atom. The fourth-order valence-electron chi connectivity index (χ4n) is 3.89. The minimum Gasteiger partial charge on any atom is -0.490 e. The first kappa shape index (κ1) is 29.9. The van der Waals surface area contributed by atoms with E-state index in [0.717, 1.165) is 63.0 Å². The quantitative estimate of drug-likeness (QED) is 0.112. The monoisotopic (exact) mass is 562 g/mol. The van der Waals surface area contributed by atoms with E-state index < -0.39 is 46.8 Å². The molecule has 1 heterocycles. The van der Waals surface area contributed by atoms with Crippen LogP contribution in [-0.4, -0.2) is 38.2 Å². The molecule has 3 aromatic rings. The van der Waals surface area contributed by atoms with Gasteiger partial charge in [-0.15, -0.1) is 11.3 Å². The molecule has 0 saturated carbocycles. The number of hydrogen-bond donors (Lipinski definition) is 1. The normalized spacial score (nSPS) is 12.2. The number of amides is 1. The Bertz CT molecular complexity index is 1340. The molecular weight excluding hydrogens is 533 g/mol. The first-order valence-corrected chi connectivity index (χ1v) is 13.0. The zero-order valence-electron chi connectivity index (χ0n) is 22.0. The molecule has 0 aliphatic carbocycles. The topological polar surface area (TPSA) is 86.8 Å². The molecular formula is C28H29F3N2O5S. The van der Waals surface area contributed by atoms with Gasteiger partial charge in [-0.25, -0.2) is 22.9 Å². The van der Waals surface area contributed by atoms with Crippen LogP contribution < -0.4 is 5.32 Å². The zero-order chi connectivity index (χ0) is 28.5. The number of unbranched alkanes of at least 4 members (excludes halogenated alkanes) is 2. The van der Waals surface area contributed by atoms with Gasteiger partial charge in [0.05, 0.1) is 26.0 Å². The standard InChI is InChI=1S/C28H29F3N2O5S/c1-5-6-7-11-23(36-2)18-10-8-9-17(25(18)31)22-15-39-28(32-22)33-26(34)16-12-20(29)19(21(30)13-16)14-24(37-3)27(35)38-4/h8-10,12-15,23H,5-7,11H2,1-4H3,(H,32,33,34). The Morgan fingerprint density at radius 3 is 2.41 bits per heavy atom. The van der Waals surface area contributed by atoms with Crippen LogP contribution >= 0.6 is 11.3 Å². The van der Waals surface area contributed by atoms with Crippen LogP contribution in [0.25, 0.3) is 17.3 Å². The molecule has 1 unspecified atom stereocenters. The van der Waals surface area contributed by atoms with Gasteiger partial charge in [-0.05, 0) is 24.6 Å². The number of methoxy groups -OCH3 is 3. The highest BCUT2D eigenvalue weighted by atomic mass is 32.1. The highest BCUT2D eigenvalue weighted by Crippen LogP contribution is 2.33. The molecule has 2 aromatic carbocycles. The van der Waals surface area contributed by atoms with E-state index in [1.165, 1.54) is 0 Å². The van der Waals surface area contributed by atoms with Crippen molar-refractivity contribution in [3.8, 4) is 11.3 Å². The van der Waals surface area contributed by atoms with Gasteiger partial charge in [0.1, 0.15) is 17.5 Å².